The summed E-state index contributed by atoms with van der Waals surface area (Å²) in [6.45, 7) is 3.28. The lowest BCUT2D eigenvalue weighted by Gasteiger charge is -2.29. The zero-order valence-electron chi connectivity index (χ0n) is 16.7. The lowest BCUT2D eigenvalue weighted by molar-refractivity contribution is -0.136. The number of piperidine rings is 2. The Bertz CT molecular complexity index is 854. The van der Waals surface area contributed by atoms with Gasteiger partial charge in [0.25, 0.3) is 5.91 Å². The van der Waals surface area contributed by atoms with Crippen LogP contribution in [0.3, 0.4) is 0 Å². The second kappa shape index (κ2) is 7.54. The summed E-state index contributed by atoms with van der Waals surface area (Å²) in [5.74, 6) is -0.678. The molecule has 3 amide bonds. The third-order valence-electron chi connectivity index (χ3n) is 6.88. The molecule has 154 valence electrons. The van der Waals surface area contributed by atoms with E-state index in [0.717, 1.165) is 42.7 Å². The fraction of sp³-hybridized carbons (Fsp3) is 0.591. The van der Waals surface area contributed by atoms with Gasteiger partial charge in [-0.05, 0) is 36.8 Å². The Morgan fingerprint density at radius 2 is 1.90 bits per heavy atom. The lowest BCUT2D eigenvalue weighted by Crippen LogP contribution is -2.52. The smallest absolute Gasteiger partial charge is 0.255 e. The topological polar surface area (TPSA) is 81.8 Å². The molecular formula is C22H28N4O3. The number of hydrogen-bond acceptors (Lipinski definition) is 5. The van der Waals surface area contributed by atoms with Crippen LogP contribution in [0, 0.1) is 0 Å². The zero-order chi connectivity index (χ0) is 20.0. The number of amides is 3. The summed E-state index contributed by atoms with van der Waals surface area (Å²) < 4.78 is 0. The molecule has 4 heterocycles. The van der Waals surface area contributed by atoms with E-state index in [9.17, 15) is 14.4 Å². The van der Waals surface area contributed by atoms with E-state index < -0.39 is 6.04 Å². The molecule has 0 aliphatic carbocycles. The quantitative estimate of drug-likeness (QED) is 0.750. The maximum absolute atomic E-state index is 13.3. The Morgan fingerprint density at radius 3 is 2.76 bits per heavy atom. The molecule has 0 spiro atoms. The Kier molecular flexibility index (Phi) is 4.87. The summed E-state index contributed by atoms with van der Waals surface area (Å²) in [6.07, 6.45) is 5.64. The minimum Gasteiger partial charge on any atom is -0.322 e. The third-order valence-corrected chi connectivity index (χ3v) is 6.88. The van der Waals surface area contributed by atoms with Gasteiger partial charge < -0.3 is 10.2 Å². The number of fused-ring (bicyclic) bond motifs is 3. The minimum absolute atomic E-state index is 0.0724. The van der Waals surface area contributed by atoms with Gasteiger partial charge in [0, 0.05) is 50.2 Å². The van der Waals surface area contributed by atoms with Crippen molar-refractivity contribution in [2.45, 2.75) is 69.7 Å². The molecule has 7 nitrogen and oxygen atoms in total. The summed E-state index contributed by atoms with van der Waals surface area (Å²) in [6, 6.07) is 6.68. The van der Waals surface area contributed by atoms with Crippen molar-refractivity contribution < 1.29 is 14.4 Å². The van der Waals surface area contributed by atoms with Gasteiger partial charge in [-0.15, -0.1) is 0 Å². The van der Waals surface area contributed by atoms with Gasteiger partial charge in [0.1, 0.15) is 6.04 Å². The highest BCUT2D eigenvalue weighted by Gasteiger charge is 2.40. The van der Waals surface area contributed by atoms with Crippen LogP contribution in [0.15, 0.2) is 18.2 Å². The van der Waals surface area contributed by atoms with Crippen molar-refractivity contribution in [2.75, 3.05) is 13.1 Å². The molecule has 5 rings (SSSR count). The number of carbonyl (C=O) groups excluding carboxylic acids is 3. The second-order valence-corrected chi connectivity index (χ2v) is 8.87. The molecular weight excluding hydrogens is 368 g/mol. The van der Waals surface area contributed by atoms with E-state index >= 15 is 0 Å². The van der Waals surface area contributed by atoms with Crippen LogP contribution in [0.1, 0.15) is 60.0 Å². The van der Waals surface area contributed by atoms with Crippen molar-refractivity contribution in [3.8, 4) is 0 Å². The van der Waals surface area contributed by atoms with Gasteiger partial charge >= 0.3 is 0 Å². The molecule has 2 N–H and O–H groups in total. The molecule has 7 heteroatoms. The van der Waals surface area contributed by atoms with Gasteiger partial charge in [-0.2, -0.15) is 0 Å². The van der Waals surface area contributed by atoms with E-state index in [4.69, 9.17) is 0 Å². The van der Waals surface area contributed by atoms with Crippen LogP contribution in [0.2, 0.25) is 0 Å². The molecule has 0 aromatic heterocycles. The zero-order valence-corrected chi connectivity index (χ0v) is 16.7. The van der Waals surface area contributed by atoms with Crippen molar-refractivity contribution in [3.63, 3.8) is 0 Å². The van der Waals surface area contributed by atoms with Crippen molar-refractivity contribution in [1.29, 1.82) is 0 Å². The summed E-state index contributed by atoms with van der Waals surface area (Å²) >= 11 is 0. The first-order chi connectivity index (χ1) is 14.1. The van der Waals surface area contributed by atoms with Gasteiger partial charge in [0.05, 0.1) is 0 Å². The number of imide groups is 1. The summed E-state index contributed by atoms with van der Waals surface area (Å²) in [5.41, 5.74) is 2.81. The number of hydrogen-bond donors (Lipinski definition) is 2. The molecule has 4 aliphatic heterocycles. The SMILES string of the molecule is O=C1CCC(N2Cc3cccc(CN4CCC5CCCC(C4)N5)c3C2=O)C(=O)N1. The molecule has 3 unspecified atom stereocenters. The highest BCUT2D eigenvalue weighted by Crippen LogP contribution is 2.31. The highest BCUT2D eigenvalue weighted by molar-refractivity contribution is 6.05. The van der Waals surface area contributed by atoms with E-state index in [-0.39, 0.29) is 24.1 Å². The first-order valence-electron chi connectivity index (χ1n) is 10.8. The highest BCUT2D eigenvalue weighted by atomic mass is 16.2. The Balaban J connectivity index is 1.35. The average Bonchev–Trinajstić information content (AvgIpc) is 2.96. The second-order valence-electron chi connectivity index (χ2n) is 8.87. The molecule has 1 aromatic rings. The van der Waals surface area contributed by atoms with Gasteiger partial charge in [0.15, 0.2) is 0 Å². The molecule has 1 aromatic carbocycles. The molecule has 0 radical (unpaired) electrons. The first-order valence-corrected chi connectivity index (χ1v) is 10.8. The maximum atomic E-state index is 13.3. The maximum Gasteiger partial charge on any atom is 0.255 e. The van der Waals surface area contributed by atoms with E-state index in [1.54, 1.807) is 4.90 Å². The van der Waals surface area contributed by atoms with Crippen LogP contribution in [-0.2, 0) is 22.7 Å². The predicted molar refractivity (Wildman–Crippen MR) is 107 cm³/mol. The van der Waals surface area contributed by atoms with E-state index in [1.165, 1.54) is 19.3 Å². The first kappa shape index (κ1) is 18.8. The molecule has 3 fully saturated rings. The Labute approximate surface area is 170 Å². The molecule has 29 heavy (non-hydrogen) atoms. The Morgan fingerprint density at radius 1 is 1.03 bits per heavy atom. The Hall–Kier alpha value is -2.25. The average molecular weight is 396 g/mol. The molecule has 0 saturated carbocycles. The predicted octanol–water partition coefficient (Wildman–Crippen LogP) is 1.16. The van der Waals surface area contributed by atoms with Gasteiger partial charge in [-0.1, -0.05) is 24.6 Å². The number of rotatable bonds is 3. The van der Waals surface area contributed by atoms with Crippen LogP contribution >= 0.6 is 0 Å². The van der Waals surface area contributed by atoms with Crippen LogP contribution < -0.4 is 10.6 Å². The standard InChI is InChI=1S/C22H28N4O3/c27-19-8-7-18(21(28)24-19)26-12-15-4-1-3-14(20(15)22(26)29)11-25-10-9-16-5-2-6-17(13-25)23-16/h1,3-4,16-18,23H,2,5-13H2,(H,24,27,28). The molecule has 3 atom stereocenters. The fourth-order valence-corrected chi connectivity index (χ4v) is 5.43. The third kappa shape index (κ3) is 3.57. The monoisotopic (exact) mass is 396 g/mol. The molecule has 3 saturated heterocycles. The summed E-state index contributed by atoms with van der Waals surface area (Å²) in [4.78, 5) is 41.1. The molecule has 2 bridgehead atoms. The van der Waals surface area contributed by atoms with E-state index in [0.29, 0.717) is 25.0 Å². The minimum atomic E-state index is -0.554. The molecule has 4 aliphatic rings. The van der Waals surface area contributed by atoms with E-state index in [1.807, 2.05) is 12.1 Å². The van der Waals surface area contributed by atoms with Crippen molar-refractivity contribution in [2.24, 2.45) is 0 Å². The summed E-state index contributed by atoms with van der Waals surface area (Å²) in [5, 5.41) is 6.14. The number of nitrogens with one attached hydrogen (secondary N) is 2. The van der Waals surface area contributed by atoms with Crippen molar-refractivity contribution >= 4 is 17.7 Å². The van der Waals surface area contributed by atoms with Gasteiger partial charge in [-0.25, -0.2) is 0 Å². The van der Waals surface area contributed by atoms with E-state index in [2.05, 4.69) is 21.6 Å². The largest absolute Gasteiger partial charge is 0.322 e. The fourth-order valence-electron chi connectivity index (χ4n) is 5.43. The van der Waals surface area contributed by atoms with Crippen LogP contribution in [0.25, 0.3) is 0 Å². The summed E-state index contributed by atoms with van der Waals surface area (Å²) in [7, 11) is 0. The number of carbonyl (C=O) groups is 3. The van der Waals surface area contributed by atoms with Gasteiger partial charge in [-0.3, -0.25) is 24.6 Å². The van der Waals surface area contributed by atoms with Gasteiger partial charge in [0.2, 0.25) is 11.8 Å². The van der Waals surface area contributed by atoms with Crippen LogP contribution in [0.5, 0.6) is 0 Å². The number of nitrogens with zero attached hydrogens (tertiary/aromatic N) is 2. The van der Waals surface area contributed by atoms with Crippen LogP contribution in [0.4, 0.5) is 0 Å². The van der Waals surface area contributed by atoms with Crippen LogP contribution in [-0.4, -0.2) is 58.7 Å². The number of benzene rings is 1. The lowest BCUT2D eigenvalue weighted by atomic mass is 9.98. The van der Waals surface area contributed by atoms with Crippen molar-refractivity contribution in [1.82, 2.24) is 20.4 Å². The van der Waals surface area contributed by atoms with Crippen molar-refractivity contribution in [3.05, 3.63) is 34.9 Å². The normalized spacial score (nSPS) is 30.1.